The lowest BCUT2D eigenvalue weighted by Gasteiger charge is -2.19. The number of ether oxygens (including phenoxy) is 1. The lowest BCUT2D eigenvalue weighted by atomic mass is 9.94. The standard InChI is InChI=1S/C14H26O2/c1-7-12(5)14(15)16-13(6)9-11(4)8-10(2)3/h7,10-11,13H,8-9H2,1-6H3. The zero-order valence-corrected chi connectivity index (χ0v) is 11.5. The third-order valence-electron chi connectivity index (χ3n) is 2.67. The molecule has 0 aromatic carbocycles. The SMILES string of the molecule is CC=C(C)C(=O)OC(C)CC(C)CC(C)C. The first-order valence-corrected chi connectivity index (χ1v) is 6.20. The maximum absolute atomic E-state index is 11.5. The predicted octanol–water partition coefficient (Wildman–Crippen LogP) is 3.96. The molecule has 0 aromatic rings. The smallest absolute Gasteiger partial charge is 0.333 e. The number of allylic oxidation sites excluding steroid dienone is 1. The Bertz CT molecular complexity index is 241. The van der Waals surface area contributed by atoms with E-state index < -0.39 is 0 Å². The Morgan fingerprint density at radius 3 is 2.19 bits per heavy atom. The Balaban J connectivity index is 3.99. The Morgan fingerprint density at radius 2 is 1.75 bits per heavy atom. The summed E-state index contributed by atoms with van der Waals surface area (Å²) in [7, 11) is 0. The van der Waals surface area contributed by atoms with Gasteiger partial charge < -0.3 is 4.74 Å². The second-order valence-corrected chi connectivity index (χ2v) is 5.16. The lowest BCUT2D eigenvalue weighted by Crippen LogP contribution is -2.18. The molecule has 0 heterocycles. The molecule has 0 N–H and O–H groups in total. The van der Waals surface area contributed by atoms with Gasteiger partial charge in [0.1, 0.15) is 0 Å². The summed E-state index contributed by atoms with van der Waals surface area (Å²) in [5, 5.41) is 0. The highest BCUT2D eigenvalue weighted by atomic mass is 16.5. The van der Waals surface area contributed by atoms with Gasteiger partial charge in [-0.05, 0) is 45.4 Å². The van der Waals surface area contributed by atoms with Crippen molar-refractivity contribution >= 4 is 5.97 Å². The van der Waals surface area contributed by atoms with E-state index in [1.54, 1.807) is 13.0 Å². The van der Waals surface area contributed by atoms with Gasteiger partial charge >= 0.3 is 5.97 Å². The Hall–Kier alpha value is -0.790. The summed E-state index contributed by atoms with van der Waals surface area (Å²) < 4.78 is 5.35. The summed E-state index contributed by atoms with van der Waals surface area (Å²) in [6, 6.07) is 0. The van der Waals surface area contributed by atoms with Crippen LogP contribution in [0.15, 0.2) is 11.6 Å². The van der Waals surface area contributed by atoms with Crippen molar-refractivity contribution in [1.29, 1.82) is 0 Å². The molecule has 0 aromatic heterocycles. The average Bonchev–Trinajstić information content (AvgIpc) is 2.14. The number of carbonyl (C=O) groups excluding carboxylic acids is 1. The maximum atomic E-state index is 11.5. The molecule has 0 radical (unpaired) electrons. The van der Waals surface area contributed by atoms with Crippen molar-refractivity contribution in [3.63, 3.8) is 0 Å². The molecule has 2 nitrogen and oxygen atoms in total. The van der Waals surface area contributed by atoms with E-state index >= 15 is 0 Å². The van der Waals surface area contributed by atoms with Gasteiger partial charge in [-0.1, -0.05) is 26.8 Å². The van der Waals surface area contributed by atoms with Crippen LogP contribution in [-0.2, 0) is 9.53 Å². The molecule has 0 rings (SSSR count). The number of carbonyl (C=O) groups is 1. The molecule has 0 fully saturated rings. The van der Waals surface area contributed by atoms with Gasteiger partial charge in [-0.15, -0.1) is 0 Å². The summed E-state index contributed by atoms with van der Waals surface area (Å²) in [5.74, 6) is 1.12. The molecule has 2 heteroatoms. The fourth-order valence-electron chi connectivity index (χ4n) is 1.91. The highest BCUT2D eigenvalue weighted by Crippen LogP contribution is 2.18. The van der Waals surface area contributed by atoms with Gasteiger partial charge in [-0.3, -0.25) is 0 Å². The highest BCUT2D eigenvalue weighted by molar-refractivity contribution is 5.87. The van der Waals surface area contributed by atoms with E-state index in [1.165, 1.54) is 6.42 Å². The number of hydrogen-bond acceptors (Lipinski definition) is 2. The van der Waals surface area contributed by atoms with Crippen LogP contribution in [0.4, 0.5) is 0 Å². The first kappa shape index (κ1) is 15.2. The van der Waals surface area contributed by atoms with Crippen LogP contribution in [0.1, 0.15) is 54.4 Å². The van der Waals surface area contributed by atoms with Crippen molar-refractivity contribution in [2.75, 3.05) is 0 Å². The minimum Gasteiger partial charge on any atom is -0.459 e. The number of esters is 1. The summed E-state index contributed by atoms with van der Waals surface area (Å²) >= 11 is 0. The monoisotopic (exact) mass is 226 g/mol. The van der Waals surface area contributed by atoms with Crippen molar-refractivity contribution in [3.05, 3.63) is 11.6 Å². The van der Waals surface area contributed by atoms with Crippen LogP contribution in [0.3, 0.4) is 0 Å². The molecule has 0 amide bonds. The summed E-state index contributed by atoms with van der Waals surface area (Å²) in [5.41, 5.74) is 0.684. The summed E-state index contributed by atoms with van der Waals surface area (Å²) in [6.45, 7) is 12.3. The van der Waals surface area contributed by atoms with E-state index in [1.807, 2.05) is 13.8 Å². The molecule has 0 aliphatic rings. The van der Waals surface area contributed by atoms with Crippen LogP contribution in [-0.4, -0.2) is 12.1 Å². The van der Waals surface area contributed by atoms with Gasteiger partial charge in [0, 0.05) is 5.57 Å². The minimum absolute atomic E-state index is 0.0103. The zero-order chi connectivity index (χ0) is 12.7. The molecular weight excluding hydrogens is 200 g/mol. The van der Waals surface area contributed by atoms with Crippen molar-refractivity contribution < 1.29 is 9.53 Å². The van der Waals surface area contributed by atoms with Gasteiger partial charge in [-0.2, -0.15) is 0 Å². The number of rotatable bonds is 6. The highest BCUT2D eigenvalue weighted by Gasteiger charge is 2.14. The topological polar surface area (TPSA) is 26.3 Å². The first-order valence-electron chi connectivity index (χ1n) is 6.20. The van der Waals surface area contributed by atoms with Gasteiger partial charge in [0.05, 0.1) is 6.10 Å². The van der Waals surface area contributed by atoms with Crippen LogP contribution in [0.2, 0.25) is 0 Å². The van der Waals surface area contributed by atoms with Gasteiger partial charge in [0.25, 0.3) is 0 Å². The van der Waals surface area contributed by atoms with Crippen molar-refractivity contribution in [2.24, 2.45) is 11.8 Å². The molecule has 0 spiro atoms. The lowest BCUT2D eigenvalue weighted by molar-refractivity contribution is -0.144. The van der Waals surface area contributed by atoms with Crippen LogP contribution in [0, 0.1) is 11.8 Å². The van der Waals surface area contributed by atoms with Crippen molar-refractivity contribution in [3.8, 4) is 0 Å². The second kappa shape index (κ2) is 7.48. The molecule has 0 aliphatic heterocycles. The molecule has 0 saturated heterocycles. The van der Waals surface area contributed by atoms with Gasteiger partial charge in [-0.25, -0.2) is 4.79 Å². The first-order chi connectivity index (χ1) is 7.36. The third-order valence-corrected chi connectivity index (χ3v) is 2.67. The van der Waals surface area contributed by atoms with Crippen LogP contribution >= 0.6 is 0 Å². The fraction of sp³-hybridized carbons (Fsp3) is 0.786. The quantitative estimate of drug-likeness (QED) is 0.506. The van der Waals surface area contributed by atoms with E-state index in [2.05, 4.69) is 20.8 Å². The van der Waals surface area contributed by atoms with Crippen LogP contribution in [0.25, 0.3) is 0 Å². The van der Waals surface area contributed by atoms with E-state index in [9.17, 15) is 4.79 Å². The van der Waals surface area contributed by atoms with E-state index in [4.69, 9.17) is 4.74 Å². The zero-order valence-electron chi connectivity index (χ0n) is 11.5. The Morgan fingerprint density at radius 1 is 1.19 bits per heavy atom. The average molecular weight is 226 g/mol. The van der Waals surface area contributed by atoms with Crippen LogP contribution in [0.5, 0.6) is 0 Å². The van der Waals surface area contributed by atoms with E-state index in [0.29, 0.717) is 17.4 Å². The molecule has 16 heavy (non-hydrogen) atoms. The molecule has 0 bridgehead atoms. The molecule has 0 aliphatic carbocycles. The van der Waals surface area contributed by atoms with Gasteiger partial charge in [0.2, 0.25) is 0 Å². The Labute approximate surface area is 100 Å². The van der Waals surface area contributed by atoms with Gasteiger partial charge in [0.15, 0.2) is 0 Å². The minimum atomic E-state index is -0.188. The molecule has 94 valence electrons. The largest absolute Gasteiger partial charge is 0.459 e. The van der Waals surface area contributed by atoms with Crippen molar-refractivity contribution in [2.45, 2.75) is 60.5 Å². The normalized spacial score (nSPS) is 16.1. The fourth-order valence-corrected chi connectivity index (χ4v) is 1.91. The Kier molecular flexibility index (Phi) is 7.11. The summed E-state index contributed by atoms with van der Waals surface area (Å²) in [4.78, 5) is 11.5. The molecule has 2 atom stereocenters. The molecule has 2 unspecified atom stereocenters. The third kappa shape index (κ3) is 6.65. The summed E-state index contributed by atoms with van der Waals surface area (Å²) in [6.07, 6.45) is 3.93. The molecular formula is C14H26O2. The van der Waals surface area contributed by atoms with Crippen LogP contribution < -0.4 is 0 Å². The maximum Gasteiger partial charge on any atom is 0.333 e. The second-order valence-electron chi connectivity index (χ2n) is 5.16. The van der Waals surface area contributed by atoms with E-state index in [-0.39, 0.29) is 12.1 Å². The molecule has 0 saturated carbocycles. The van der Waals surface area contributed by atoms with Crippen molar-refractivity contribution in [1.82, 2.24) is 0 Å². The predicted molar refractivity (Wildman–Crippen MR) is 68.2 cm³/mol. The number of hydrogen-bond donors (Lipinski definition) is 0. The van der Waals surface area contributed by atoms with E-state index in [0.717, 1.165) is 6.42 Å².